The topological polar surface area (TPSA) is 26.5 Å². The molecule has 0 fully saturated rings. The summed E-state index contributed by atoms with van der Waals surface area (Å²) < 4.78 is 7.70. The van der Waals surface area contributed by atoms with Gasteiger partial charge in [0, 0.05) is 22.5 Å². The Hall–Kier alpha value is -2.82. The van der Waals surface area contributed by atoms with Crippen LogP contribution in [0.3, 0.4) is 0 Å². The van der Waals surface area contributed by atoms with Gasteiger partial charge in [0.15, 0.2) is 4.80 Å². The van der Waals surface area contributed by atoms with Gasteiger partial charge in [-0.2, -0.15) is 0 Å². The van der Waals surface area contributed by atoms with Gasteiger partial charge >= 0.3 is 0 Å². The van der Waals surface area contributed by atoms with Crippen molar-refractivity contribution in [1.82, 2.24) is 4.57 Å². The number of aryl methyl sites for hydroxylation is 1. The van der Waals surface area contributed by atoms with Gasteiger partial charge in [-0.25, -0.2) is 4.99 Å². The van der Waals surface area contributed by atoms with Gasteiger partial charge in [0.2, 0.25) is 0 Å². The standard InChI is InChI=1S/C24H21ClN2OS/c1-28-22-9-5-8-19(16-22)23-17-29-24(26-21-12-10-20(25)11-13-21)27(23)15-14-18-6-3-2-4-7-18/h2-13,16-17H,14-15H2,1H3. The van der Waals surface area contributed by atoms with E-state index in [1.54, 1.807) is 18.4 Å². The third-order valence-corrected chi connectivity index (χ3v) is 5.80. The molecular weight excluding hydrogens is 400 g/mol. The van der Waals surface area contributed by atoms with Crippen LogP contribution in [0, 0.1) is 0 Å². The lowest BCUT2D eigenvalue weighted by Gasteiger charge is -2.10. The molecule has 0 saturated heterocycles. The SMILES string of the molecule is COc1cccc(-c2csc(=Nc3ccc(Cl)cc3)n2CCc2ccccc2)c1. The van der Waals surface area contributed by atoms with E-state index in [1.807, 2.05) is 42.5 Å². The molecule has 0 saturated carbocycles. The van der Waals surface area contributed by atoms with E-state index in [0.29, 0.717) is 5.02 Å². The highest BCUT2D eigenvalue weighted by Crippen LogP contribution is 2.25. The highest BCUT2D eigenvalue weighted by Gasteiger charge is 2.10. The van der Waals surface area contributed by atoms with E-state index in [0.717, 1.165) is 40.5 Å². The molecule has 0 N–H and O–H groups in total. The quantitative estimate of drug-likeness (QED) is 0.356. The van der Waals surface area contributed by atoms with Crippen molar-refractivity contribution >= 4 is 28.6 Å². The molecule has 0 spiro atoms. The van der Waals surface area contributed by atoms with Crippen LogP contribution < -0.4 is 9.54 Å². The number of rotatable bonds is 6. The molecule has 5 heteroatoms. The summed E-state index contributed by atoms with van der Waals surface area (Å²) in [5.74, 6) is 0.847. The van der Waals surface area contributed by atoms with Gasteiger partial charge in [-0.15, -0.1) is 11.3 Å². The van der Waals surface area contributed by atoms with Crippen molar-refractivity contribution in [2.45, 2.75) is 13.0 Å². The number of halogens is 1. The van der Waals surface area contributed by atoms with Gasteiger partial charge in [-0.1, -0.05) is 54.1 Å². The molecule has 4 aromatic rings. The summed E-state index contributed by atoms with van der Waals surface area (Å²) in [5, 5.41) is 2.87. The molecule has 146 valence electrons. The zero-order chi connectivity index (χ0) is 20.1. The first kappa shape index (κ1) is 19.5. The summed E-state index contributed by atoms with van der Waals surface area (Å²) in [6.07, 6.45) is 0.933. The number of benzene rings is 3. The Morgan fingerprint density at radius 3 is 2.52 bits per heavy atom. The van der Waals surface area contributed by atoms with Gasteiger partial charge in [-0.3, -0.25) is 0 Å². The summed E-state index contributed by atoms with van der Waals surface area (Å²) in [7, 11) is 1.69. The Morgan fingerprint density at radius 1 is 0.966 bits per heavy atom. The number of aromatic nitrogens is 1. The first-order valence-electron chi connectivity index (χ1n) is 9.40. The van der Waals surface area contributed by atoms with E-state index in [2.05, 4.69) is 46.3 Å². The molecule has 0 radical (unpaired) electrons. The smallest absolute Gasteiger partial charge is 0.190 e. The number of methoxy groups -OCH3 is 1. The molecule has 3 nitrogen and oxygen atoms in total. The van der Waals surface area contributed by atoms with Gasteiger partial charge in [0.05, 0.1) is 18.5 Å². The maximum absolute atomic E-state index is 6.02. The first-order valence-corrected chi connectivity index (χ1v) is 10.7. The van der Waals surface area contributed by atoms with Crippen LogP contribution in [0.15, 0.2) is 89.2 Å². The first-order chi connectivity index (χ1) is 14.2. The average Bonchev–Trinajstić information content (AvgIpc) is 3.17. The molecule has 0 aliphatic heterocycles. The molecule has 1 heterocycles. The highest BCUT2D eigenvalue weighted by molar-refractivity contribution is 7.07. The van der Waals surface area contributed by atoms with Gasteiger partial charge < -0.3 is 9.30 Å². The predicted molar refractivity (Wildman–Crippen MR) is 121 cm³/mol. The molecule has 0 aliphatic carbocycles. The monoisotopic (exact) mass is 420 g/mol. The minimum Gasteiger partial charge on any atom is -0.497 e. The van der Waals surface area contributed by atoms with Crippen molar-refractivity contribution < 1.29 is 4.74 Å². The van der Waals surface area contributed by atoms with Crippen LogP contribution >= 0.6 is 22.9 Å². The van der Waals surface area contributed by atoms with Crippen LogP contribution in [0.2, 0.25) is 5.02 Å². The fraction of sp³-hybridized carbons (Fsp3) is 0.125. The fourth-order valence-corrected chi connectivity index (χ4v) is 4.24. The molecule has 0 atom stereocenters. The summed E-state index contributed by atoms with van der Waals surface area (Å²) in [6.45, 7) is 0.840. The van der Waals surface area contributed by atoms with Crippen molar-refractivity contribution in [2.24, 2.45) is 4.99 Å². The van der Waals surface area contributed by atoms with Crippen LogP contribution in [0.1, 0.15) is 5.56 Å². The summed E-state index contributed by atoms with van der Waals surface area (Å²) >= 11 is 7.66. The molecule has 0 amide bonds. The molecule has 3 aromatic carbocycles. The molecule has 4 rings (SSSR count). The van der Waals surface area contributed by atoms with Gasteiger partial charge in [0.1, 0.15) is 5.75 Å². The van der Waals surface area contributed by atoms with Gasteiger partial charge in [-0.05, 0) is 48.4 Å². The lowest BCUT2D eigenvalue weighted by molar-refractivity contribution is 0.415. The van der Waals surface area contributed by atoms with Crippen LogP contribution in [0.25, 0.3) is 11.3 Å². The molecule has 0 unspecified atom stereocenters. The van der Waals surface area contributed by atoms with E-state index in [-0.39, 0.29) is 0 Å². The summed E-state index contributed by atoms with van der Waals surface area (Å²) in [4.78, 5) is 5.83. The van der Waals surface area contributed by atoms with Gasteiger partial charge in [0.25, 0.3) is 0 Å². The number of ether oxygens (including phenoxy) is 1. The third kappa shape index (κ3) is 4.78. The molecule has 29 heavy (non-hydrogen) atoms. The average molecular weight is 421 g/mol. The molecule has 1 aromatic heterocycles. The Labute approximate surface area is 179 Å². The normalized spacial score (nSPS) is 11.6. The van der Waals surface area contributed by atoms with E-state index >= 15 is 0 Å². The molecule has 0 aliphatic rings. The van der Waals surface area contributed by atoms with E-state index in [4.69, 9.17) is 21.3 Å². The maximum atomic E-state index is 6.02. The lowest BCUT2D eigenvalue weighted by atomic mass is 10.1. The second kappa shape index (κ2) is 9.12. The zero-order valence-corrected chi connectivity index (χ0v) is 17.7. The van der Waals surface area contributed by atoms with Crippen molar-refractivity contribution in [3.05, 3.63) is 99.6 Å². The number of thiazole rings is 1. The Morgan fingerprint density at radius 2 is 1.76 bits per heavy atom. The summed E-state index contributed by atoms with van der Waals surface area (Å²) in [6, 6.07) is 26.3. The van der Waals surface area contributed by atoms with Crippen LogP contribution in [0.4, 0.5) is 5.69 Å². The Bertz CT molecular complexity index is 1150. The van der Waals surface area contributed by atoms with Crippen molar-refractivity contribution in [3.63, 3.8) is 0 Å². The second-order valence-electron chi connectivity index (χ2n) is 6.61. The maximum Gasteiger partial charge on any atom is 0.190 e. The van der Waals surface area contributed by atoms with E-state index in [9.17, 15) is 0 Å². The summed E-state index contributed by atoms with van der Waals surface area (Å²) in [5.41, 5.74) is 4.45. The van der Waals surface area contributed by atoms with Crippen LogP contribution in [-0.4, -0.2) is 11.7 Å². The van der Waals surface area contributed by atoms with E-state index in [1.165, 1.54) is 5.56 Å². The fourth-order valence-electron chi connectivity index (χ4n) is 3.16. The number of hydrogen-bond acceptors (Lipinski definition) is 3. The minimum atomic E-state index is 0.712. The number of hydrogen-bond donors (Lipinski definition) is 0. The number of nitrogens with zero attached hydrogens (tertiary/aromatic N) is 2. The Kier molecular flexibility index (Phi) is 6.13. The van der Waals surface area contributed by atoms with Crippen molar-refractivity contribution in [2.75, 3.05) is 7.11 Å². The predicted octanol–water partition coefficient (Wildman–Crippen LogP) is 6.35. The van der Waals surface area contributed by atoms with Crippen LogP contribution in [0.5, 0.6) is 5.75 Å². The zero-order valence-electron chi connectivity index (χ0n) is 16.1. The second-order valence-corrected chi connectivity index (χ2v) is 7.88. The van der Waals surface area contributed by atoms with Crippen molar-refractivity contribution in [1.29, 1.82) is 0 Å². The van der Waals surface area contributed by atoms with Crippen molar-refractivity contribution in [3.8, 4) is 17.0 Å². The highest BCUT2D eigenvalue weighted by atomic mass is 35.5. The minimum absolute atomic E-state index is 0.712. The third-order valence-electron chi connectivity index (χ3n) is 4.68. The Balaban J connectivity index is 1.76. The molecule has 0 bridgehead atoms. The lowest BCUT2D eigenvalue weighted by Crippen LogP contribution is -2.17. The molecular formula is C24H21ClN2OS. The van der Waals surface area contributed by atoms with Crippen LogP contribution in [-0.2, 0) is 13.0 Å². The van der Waals surface area contributed by atoms with E-state index < -0.39 is 0 Å². The largest absolute Gasteiger partial charge is 0.497 e.